The zero-order chi connectivity index (χ0) is 9.56. The van der Waals surface area contributed by atoms with E-state index >= 15 is 0 Å². The summed E-state index contributed by atoms with van der Waals surface area (Å²) in [7, 11) is 0. The van der Waals surface area contributed by atoms with E-state index in [0.717, 1.165) is 12.8 Å². The Bertz CT molecular complexity index is 146. The third kappa shape index (κ3) is 4.35. The quantitative estimate of drug-likeness (QED) is 0.683. The van der Waals surface area contributed by atoms with Crippen LogP contribution in [0.25, 0.3) is 0 Å². The van der Waals surface area contributed by atoms with E-state index in [0.29, 0.717) is 12.0 Å². The van der Waals surface area contributed by atoms with Gasteiger partial charge < -0.3 is 0 Å². The van der Waals surface area contributed by atoms with Crippen molar-refractivity contribution in [1.82, 2.24) is 5.32 Å². The molecule has 0 fully saturated rings. The van der Waals surface area contributed by atoms with E-state index in [4.69, 9.17) is 5.26 Å². The standard InChI is InChI=1S/C10H20N2/c1-5-6-9(4)10(7-11)12-8(2)3/h8-10,12H,5-6H2,1-4H3. The minimum atomic E-state index is 0.0185. The van der Waals surface area contributed by atoms with Gasteiger partial charge in [-0.2, -0.15) is 5.26 Å². The summed E-state index contributed by atoms with van der Waals surface area (Å²) in [5.74, 6) is 0.461. The molecule has 2 atom stereocenters. The van der Waals surface area contributed by atoms with Gasteiger partial charge >= 0.3 is 0 Å². The lowest BCUT2D eigenvalue weighted by Crippen LogP contribution is -2.38. The van der Waals surface area contributed by atoms with Gasteiger partial charge in [0.1, 0.15) is 0 Å². The lowest BCUT2D eigenvalue weighted by Gasteiger charge is -2.20. The van der Waals surface area contributed by atoms with Crippen LogP contribution in [0.1, 0.15) is 40.5 Å². The van der Waals surface area contributed by atoms with Gasteiger partial charge in [0.05, 0.1) is 12.1 Å². The molecule has 0 spiro atoms. The first-order valence-corrected chi connectivity index (χ1v) is 4.77. The van der Waals surface area contributed by atoms with Crippen LogP contribution in [-0.4, -0.2) is 12.1 Å². The average molecular weight is 168 g/mol. The molecule has 0 saturated carbocycles. The summed E-state index contributed by atoms with van der Waals surface area (Å²) in [4.78, 5) is 0. The molecule has 1 N–H and O–H groups in total. The van der Waals surface area contributed by atoms with Gasteiger partial charge in [0.2, 0.25) is 0 Å². The van der Waals surface area contributed by atoms with Gasteiger partial charge in [0.15, 0.2) is 0 Å². The second-order valence-electron chi connectivity index (χ2n) is 3.69. The number of hydrogen-bond acceptors (Lipinski definition) is 2. The van der Waals surface area contributed by atoms with Crippen LogP contribution in [0.5, 0.6) is 0 Å². The van der Waals surface area contributed by atoms with Crippen molar-refractivity contribution in [2.75, 3.05) is 0 Å². The highest BCUT2D eigenvalue weighted by molar-refractivity contribution is 4.93. The molecule has 0 aliphatic carbocycles. The van der Waals surface area contributed by atoms with E-state index in [1.807, 2.05) is 0 Å². The molecule has 0 aliphatic rings. The first-order chi connectivity index (χ1) is 5.61. The Kier molecular flexibility index (Phi) is 5.74. The lowest BCUT2D eigenvalue weighted by molar-refractivity contribution is 0.389. The average Bonchev–Trinajstić information content (AvgIpc) is 2.00. The van der Waals surface area contributed by atoms with Crippen molar-refractivity contribution in [1.29, 1.82) is 5.26 Å². The molecule has 0 bridgehead atoms. The van der Waals surface area contributed by atoms with Gasteiger partial charge in [-0.05, 0) is 26.2 Å². The fourth-order valence-electron chi connectivity index (χ4n) is 1.31. The van der Waals surface area contributed by atoms with E-state index in [9.17, 15) is 0 Å². The molecule has 2 nitrogen and oxygen atoms in total. The first-order valence-electron chi connectivity index (χ1n) is 4.77. The van der Waals surface area contributed by atoms with Crippen molar-refractivity contribution in [2.45, 2.75) is 52.6 Å². The molecule has 0 aromatic heterocycles. The van der Waals surface area contributed by atoms with Crippen molar-refractivity contribution in [3.63, 3.8) is 0 Å². The van der Waals surface area contributed by atoms with Crippen molar-refractivity contribution in [3.05, 3.63) is 0 Å². The van der Waals surface area contributed by atoms with Crippen LogP contribution in [0.15, 0.2) is 0 Å². The fourth-order valence-corrected chi connectivity index (χ4v) is 1.31. The molecule has 0 aromatic rings. The summed E-state index contributed by atoms with van der Waals surface area (Å²) in [6.07, 6.45) is 2.27. The zero-order valence-corrected chi connectivity index (χ0v) is 8.59. The monoisotopic (exact) mass is 168 g/mol. The van der Waals surface area contributed by atoms with E-state index in [2.05, 4.69) is 39.1 Å². The SMILES string of the molecule is CCCC(C)C(C#N)NC(C)C. The molecule has 0 aromatic carbocycles. The Morgan fingerprint density at radius 3 is 2.25 bits per heavy atom. The normalized spacial score (nSPS) is 15.7. The summed E-state index contributed by atoms with van der Waals surface area (Å²) in [6, 6.07) is 2.72. The summed E-state index contributed by atoms with van der Waals surface area (Å²) in [5.41, 5.74) is 0. The summed E-state index contributed by atoms with van der Waals surface area (Å²) in [6.45, 7) is 8.43. The Hall–Kier alpha value is -0.550. The van der Waals surface area contributed by atoms with E-state index in [1.165, 1.54) is 0 Å². The van der Waals surface area contributed by atoms with E-state index in [1.54, 1.807) is 0 Å². The van der Waals surface area contributed by atoms with E-state index in [-0.39, 0.29) is 6.04 Å². The minimum absolute atomic E-state index is 0.0185. The molecule has 0 rings (SSSR count). The summed E-state index contributed by atoms with van der Waals surface area (Å²) < 4.78 is 0. The molecule has 12 heavy (non-hydrogen) atoms. The molecular weight excluding hydrogens is 148 g/mol. The predicted molar refractivity (Wildman–Crippen MR) is 51.7 cm³/mol. The van der Waals surface area contributed by atoms with Gasteiger partial charge in [0, 0.05) is 6.04 Å². The van der Waals surface area contributed by atoms with Crippen LogP contribution in [0, 0.1) is 17.2 Å². The van der Waals surface area contributed by atoms with E-state index < -0.39 is 0 Å². The molecule has 0 aliphatic heterocycles. The van der Waals surface area contributed by atoms with Gasteiger partial charge in [-0.3, -0.25) is 5.32 Å². The molecule has 2 unspecified atom stereocenters. The maximum Gasteiger partial charge on any atom is 0.0980 e. The summed E-state index contributed by atoms with van der Waals surface area (Å²) in [5, 5.41) is 12.1. The summed E-state index contributed by atoms with van der Waals surface area (Å²) >= 11 is 0. The molecule has 70 valence electrons. The van der Waals surface area contributed by atoms with Crippen LogP contribution in [0.4, 0.5) is 0 Å². The smallest absolute Gasteiger partial charge is 0.0980 e. The minimum Gasteiger partial charge on any atom is -0.299 e. The maximum atomic E-state index is 8.86. The molecule has 0 saturated heterocycles. The second kappa shape index (κ2) is 6.02. The van der Waals surface area contributed by atoms with Crippen LogP contribution in [0.2, 0.25) is 0 Å². The van der Waals surface area contributed by atoms with Crippen molar-refractivity contribution < 1.29 is 0 Å². The number of nitriles is 1. The predicted octanol–water partition coefficient (Wildman–Crippen LogP) is 2.31. The topological polar surface area (TPSA) is 35.8 Å². The third-order valence-corrected chi connectivity index (χ3v) is 1.97. The van der Waals surface area contributed by atoms with Gasteiger partial charge in [-0.15, -0.1) is 0 Å². The van der Waals surface area contributed by atoms with Crippen molar-refractivity contribution >= 4 is 0 Å². The third-order valence-electron chi connectivity index (χ3n) is 1.97. The number of nitrogens with one attached hydrogen (secondary N) is 1. The Morgan fingerprint density at radius 2 is 1.92 bits per heavy atom. The fraction of sp³-hybridized carbons (Fsp3) is 0.900. The van der Waals surface area contributed by atoms with Crippen LogP contribution < -0.4 is 5.32 Å². The van der Waals surface area contributed by atoms with Crippen molar-refractivity contribution in [2.24, 2.45) is 5.92 Å². The number of nitrogens with zero attached hydrogens (tertiary/aromatic N) is 1. The van der Waals surface area contributed by atoms with Gasteiger partial charge in [0.25, 0.3) is 0 Å². The lowest BCUT2D eigenvalue weighted by atomic mass is 9.97. The van der Waals surface area contributed by atoms with Crippen LogP contribution >= 0.6 is 0 Å². The number of hydrogen-bond donors (Lipinski definition) is 1. The Balaban J connectivity index is 3.89. The molecule has 2 heteroatoms. The van der Waals surface area contributed by atoms with Crippen LogP contribution in [0.3, 0.4) is 0 Å². The van der Waals surface area contributed by atoms with Crippen LogP contribution in [-0.2, 0) is 0 Å². The zero-order valence-electron chi connectivity index (χ0n) is 8.59. The molecule has 0 amide bonds. The number of rotatable bonds is 5. The largest absolute Gasteiger partial charge is 0.299 e. The van der Waals surface area contributed by atoms with Gasteiger partial charge in [-0.25, -0.2) is 0 Å². The maximum absolute atomic E-state index is 8.86. The van der Waals surface area contributed by atoms with Crippen molar-refractivity contribution in [3.8, 4) is 6.07 Å². The Labute approximate surface area is 76.0 Å². The van der Waals surface area contributed by atoms with Gasteiger partial charge in [-0.1, -0.05) is 20.3 Å². The molecule has 0 radical (unpaired) electrons. The highest BCUT2D eigenvalue weighted by Crippen LogP contribution is 2.10. The molecule has 0 heterocycles. The highest BCUT2D eigenvalue weighted by Gasteiger charge is 2.15. The molecular formula is C10H20N2. The highest BCUT2D eigenvalue weighted by atomic mass is 14.9. The first kappa shape index (κ1) is 11.4. The Morgan fingerprint density at radius 1 is 1.33 bits per heavy atom. The second-order valence-corrected chi connectivity index (χ2v) is 3.69.